The predicted octanol–water partition coefficient (Wildman–Crippen LogP) is 1.77. The maximum atomic E-state index is 10.2. The third-order valence-corrected chi connectivity index (χ3v) is 4.54. The van der Waals surface area contributed by atoms with Crippen molar-refractivity contribution in [2.45, 2.75) is 63.5 Å². The first-order valence-electron chi connectivity index (χ1n) is 7.36. The number of rotatable bonds is 4. The molecular weight excluding hydrogens is 214 g/mol. The minimum absolute atomic E-state index is 0.0801. The molecule has 1 saturated heterocycles. The monoisotopic (exact) mass is 241 g/mol. The van der Waals surface area contributed by atoms with Crippen LogP contribution in [-0.4, -0.2) is 47.0 Å². The lowest BCUT2D eigenvalue weighted by Crippen LogP contribution is -2.49. The van der Waals surface area contributed by atoms with Gasteiger partial charge in [-0.05, 0) is 38.6 Å². The number of piperidine rings is 1. The van der Waals surface area contributed by atoms with E-state index in [-0.39, 0.29) is 12.7 Å². The fourth-order valence-electron chi connectivity index (χ4n) is 3.64. The molecule has 3 unspecified atom stereocenters. The maximum Gasteiger partial charge on any atom is 0.0583 e. The van der Waals surface area contributed by atoms with Gasteiger partial charge < -0.3 is 10.2 Å². The Kier molecular flexibility index (Phi) is 5.26. The first-order valence-corrected chi connectivity index (χ1v) is 7.36. The van der Waals surface area contributed by atoms with Gasteiger partial charge in [0.2, 0.25) is 0 Å². The Labute approximate surface area is 105 Å². The summed E-state index contributed by atoms with van der Waals surface area (Å²) in [7, 11) is 0. The normalized spacial score (nSPS) is 36.0. The van der Waals surface area contributed by atoms with Gasteiger partial charge in [-0.3, -0.25) is 4.90 Å². The van der Waals surface area contributed by atoms with Gasteiger partial charge in [0.15, 0.2) is 0 Å². The Balaban J connectivity index is 1.94. The van der Waals surface area contributed by atoms with Crippen LogP contribution in [0.15, 0.2) is 0 Å². The second kappa shape index (κ2) is 6.72. The van der Waals surface area contributed by atoms with Gasteiger partial charge in [-0.1, -0.05) is 19.3 Å². The van der Waals surface area contributed by atoms with E-state index < -0.39 is 0 Å². The fourth-order valence-corrected chi connectivity index (χ4v) is 3.64. The van der Waals surface area contributed by atoms with E-state index in [0.29, 0.717) is 12.0 Å². The number of hydrogen-bond acceptors (Lipinski definition) is 3. The van der Waals surface area contributed by atoms with Crippen LogP contribution in [0.4, 0.5) is 0 Å². The Bertz CT molecular complexity index is 222. The van der Waals surface area contributed by atoms with E-state index in [0.717, 1.165) is 25.9 Å². The molecule has 2 fully saturated rings. The van der Waals surface area contributed by atoms with Crippen LogP contribution in [0.25, 0.3) is 0 Å². The predicted molar refractivity (Wildman–Crippen MR) is 68.9 cm³/mol. The molecule has 0 spiro atoms. The van der Waals surface area contributed by atoms with Crippen LogP contribution in [0.5, 0.6) is 0 Å². The molecule has 3 nitrogen and oxygen atoms in total. The van der Waals surface area contributed by atoms with Gasteiger partial charge in [0.25, 0.3) is 0 Å². The highest BCUT2D eigenvalue weighted by Crippen LogP contribution is 2.33. The Morgan fingerprint density at radius 3 is 2.53 bits per heavy atom. The Hall–Kier alpha value is -0.120. The standard InChI is InChI=1S/C14H27NO2/c16-11-5-10-15-9-4-3-7-13(15)12-6-1-2-8-14(12)17/h12-14,16-17H,1-11H2. The van der Waals surface area contributed by atoms with Crippen molar-refractivity contribution in [3.8, 4) is 0 Å². The summed E-state index contributed by atoms with van der Waals surface area (Å²) >= 11 is 0. The highest BCUT2D eigenvalue weighted by molar-refractivity contribution is 4.88. The van der Waals surface area contributed by atoms with Crippen molar-refractivity contribution in [2.75, 3.05) is 19.7 Å². The smallest absolute Gasteiger partial charge is 0.0583 e. The first kappa shape index (κ1) is 13.3. The van der Waals surface area contributed by atoms with Crippen molar-refractivity contribution < 1.29 is 10.2 Å². The summed E-state index contributed by atoms with van der Waals surface area (Å²) in [5, 5.41) is 19.2. The number of hydrogen-bond donors (Lipinski definition) is 2. The van der Waals surface area contributed by atoms with Gasteiger partial charge in [0.1, 0.15) is 0 Å². The summed E-state index contributed by atoms with van der Waals surface area (Å²) in [6, 6.07) is 0.575. The number of aliphatic hydroxyl groups excluding tert-OH is 2. The molecule has 17 heavy (non-hydrogen) atoms. The molecular formula is C14H27NO2. The van der Waals surface area contributed by atoms with Gasteiger partial charge in [-0.2, -0.15) is 0 Å². The number of aliphatic hydroxyl groups is 2. The van der Waals surface area contributed by atoms with E-state index in [2.05, 4.69) is 4.90 Å². The molecule has 2 N–H and O–H groups in total. The lowest BCUT2D eigenvalue weighted by atomic mass is 9.78. The lowest BCUT2D eigenvalue weighted by molar-refractivity contribution is -0.00701. The summed E-state index contributed by atoms with van der Waals surface area (Å²) in [4.78, 5) is 2.53. The maximum absolute atomic E-state index is 10.2. The van der Waals surface area contributed by atoms with Gasteiger partial charge in [0.05, 0.1) is 6.10 Å². The highest BCUT2D eigenvalue weighted by atomic mass is 16.3. The van der Waals surface area contributed by atoms with Gasteiger partial charge in [-0.15, -0.1) is 0 Å². The van der Waals surface area contributed by atoms with Crippen molar-refractivity contribution in [1.82, 2.24) is 4.90 Å². The minimum atomic E-state index is -0.0801. The fraction of sp³-hybridized carbons (Fsp3) is 1.00. The van der Waals surface area contributed by atoms with E-state index in [1.807, 2.05) is 0 Å². The third-order valence-electron chi connectivity index (χ3n) is 4.54. The molecule has 2 rings (SSSR count). The summed E-state index contributed by atoms with van der Waals surface area (Å²) in [6.45, 7) is 2.45. The van der Waals surface area contributed by atoms with Gasteiger partial charge in [0, 0.05) is 25.1 Å². The van der Waals surface area contributed by atoms with Crippen molar-refractivity contribution in [1.29, 1.82) is 0 Å². The molecule has 0 aromatic carbocycles. The second-order valence-corrected chi connectivity index (χ2v) is 5.69. The second-order valence-electron chi connectivity index (χ2n) is 5.69. The Morgan fingerprint density at radius 2 is 1.76 bits per heavy atom. The first-order chi connectivity index (χ1) is 8.33. The molecule has 100 valence electrons. The van der Waals surface area contributed by atoms with Crippen molar-refractivity contribution in [3.63, 3.8) is 0 Å². The summed E-state index contributed by atoms with van der Waals surface area (Å²) in [5.74, 6) is 0.489. The number of likely N-dealkylation sites (tertiary alicyclic amines) is 1. The molecule has 0 aromatic rings. The van der Waals surface area contributed by atoms with E-state index in [1.54, 1.807) is 0 Å². The highest BCUT2D eigenvalue weighted by Gasteiger charge is 2.35. The third kappa shape index (κ3) is 3.43. The average Bonchev–Trinajstić information content (AvgIpc) is 2.37. The number of nitrogens with zero attached hydrogens (tertiary/aromatic N) is 1. The minimum Gasteiger partial charge on any atom is -0.396 e. The van der Waals surface area contributed by atoms with Gasteiger partial charge >= 0.3 is 0 Å². The van der Waals surface area contributed by atoms with Crippen LogP contribution in [-0.2, 0) is 0 Å². The van der Waals surface area contributed by atoms with Crippen molar-refractivity contribution in [2.24, 2.45) is 5.92 Å². The lowest BCUT2D eigenvalue weighted by Gasteiger charge is -2.43. The molecule has 1 saturated carbocycles. The molecule has 0 bridgehead atoms. The van der Waals surface area contributed by atoms with Crippen LogP contribution < -0.4 is 0 Å². The van der Waals surface area contributed by atoms with E-state index in [9.17, 15) is 5.11 Å². The van der Waals surface area contributed by atoms with Crippen LogP contribution >= 0.6 is 0 Å². The summed E-state index contributed by atoms with van der Waals surface area (Å²) in [6.07, 6.45) is 9.30. The van der Waals surface area contributed by atoms with E-state index in [4.69, 9.17) is 5.11 Å². The zero-order valence-corrected chi connectivity index (χ0v) is 10.9. The van der Waals surface area contributed by atoms with Crippen LogP contribution in [0, 0.1) is 5.92 Å². The molecule has 0 aromatic heterocycles. The van der Waals surface area contributed by atoms with E-state index in [1.165, 1.54) is 38.5 Å². The summed E-state index contributed by atoms with van der Waals surface area (Å²) in [5.41, 5.74) is 0. The zero-order chi connectivity index (χ0) is 12.1. The molecule has 3 atom stereocenters. The van der Waals surface area contributed by atoms with Gasteiger partial charge in [-0.25, -0.2) is 0 Å². The molecule has 0 radical (unpaired) electrons. The molecule has 1 aliphatic heterocycles. The molecule has 3 heteroatoms. The topological polar surface area (TPSA) is 43.7 Å². The summed E-state index contributed by atoms with van der Waals surface area (Å²) < 4.78 is 0. The van der Waals surface area contributed by atoms with Crippen molar-refractivity contribution in [3.05, 3.63) is 0 Å². The Morgan fingerprint density at radius 1 is 1.00 bits per heavy atom. The molecule has 1 aliphatic carbocycles. The largest absolute Gasteiger partial charge is 0.396 e. The van der Waals surface area contributed by atoms with Crippen LogP contribution in [0.1, 0.15) is 51.4 Å². The average molecular weight is 241 g/mol. The molecule has 2 aliphatic rings. The van der Waals surface area contributed by atoms with Crippen LogP contribution in [0.3, 0.4) is 0 Å². The quantitative estimate of drug-likeness (QED) is 0.788. The van der Waals surface area contributed by atoms with E-state index >= 15 is 0 Å². The SMILES string of the molecule is OCCCN1CCCCC1C1CCCCC1O. The molecule has 0 amide bonds. The van der Waals surface area contributed by atoms with Crippen LogP contribution in [0.2, 0.25) is 0 Å². The molecule has 1 heterocycles. The zero-order valence-electron chi connectivity index (χ0n) is 10.9. The van der Waals surface area contributed by atoms with Crippen molar-refractivity contribution >= 4 is 0 Å².